The molecule has 21 heavy (non-hydrogen) atoms. The van der Waals surface area contributed by atoms with Crippen molar-refractivity contribution >= 4 is 26.7 Å². The van der Waals surface area contributed by atoms with E-state index in [0.717, 1.165) is 21.0 Å². The van der Waals surface area contributed by atoms with Gasteiger partial charge in [-0.3, -0.25) is 0 Å². The molecule has 3 nitrogen and oxygen atoms in total. The normalized spacial score (nSPS) is 11.0. The summed E-state index contributed by atoms with van der Waals surface area (Å²) in [5.41, 5.74) is 0. The fourth-order valence-corrected chi connectivity index (χ4v) is 2.26. The second-order valence-corrected chi connectivity index (χ2v) is 5.33. The Balaban J connectivity index is 1.70. The first kappa shape index (κ1) is 16.2. The predicted octanol–water partition coefficient (Wildman–Crippen LogP) is 3.98. The molecular weight excluding hydrogens is 339 g/mol. The molecule has 0 aliphatic carbocycles. The summed E-state index contributed by atoms with van der Waals surface area (Å²) in [6.07, 6.45) is 0. The maximum absolute atomic E-state index is 11.8. The summed E-state index contributed by atoms with van der Waals surface area (Å²) < 4.78 is 28.7. The molecule has 2 aromatic rings. The molecule has 0 fully saturated rings. The fraction of sp³-hybridized carbons (Fsp3) is 0.375. The molecule has 0 saturated carbocycles. The highest BCUT2D eigenvalue weighted by atomic mass is 79.9. The molecule has 0 bridgehead atoms. The largest absolute Gasteiger partial charge is 0.491 e. The van der Waals surface area contributed by atoms with E-state index < -0.39 is 6.67 Å². The Morgan fingerprint density at radius 2 is 1.48 bits per heavy atom. The second kappa shape index (κ2) is 8.97. The van der Waals surface area contributed by atoms with Gasteiger partial charge in [-0.1, -0.05) is 28.1 Å². The van der Waals surface area contributed by atoms with E-state index in [1.54, 1.807) is 0 Å². The molecule has 0 unspecified atom stereocenters. The lowest BCUT2D eigenvalue weighted by Gasteiger charge is -2.08. The molecule has 0 radical (unpaired) electrons. The minimum Gasteiger partial charge on any atom is -0.491 e. The van der Waals surface area contributed by atoms with Crippen LogP contribution in [0, 0.1) is 0 Å². The van der Waals surface area contributed by atoms with Gasteiger partial charge in [-0.05, 0) is 35.0 Å². The highest BCUT2D eigenvalue weighted by Crippen LogP contribution is 2.24. The molecule has 0 amide bonds. The van der Waals surface area contributed by atoms with Crippen LogP contribution in [0.3, 0.4) is 0 Å². The number of benzene rings is 2. The van der Waals surface area contributed by atoms with Crippen molar-refractivity contribution in [2.45, 2.75) is 0 Å². The molecule has 0 aromatic heterocycles. The minimum absolute atomic E-state index is 0.132. The number of hydrogen-bond donors (Lipinski definition) is 0. The molecule has 0 spiro atoms. The first-order valence-electron chi connectivity index (χ1n) is 6.83. The van der Waals surface area contributed by atoms with Gasteiger partial charge in [0, 0.05) is 4.47 Å². The number of halogens is 2. The monoisotopic (exact) mass is 356 g/mol. The van der Waals surface area contributed by atoms with Crippen molar-refractivity contribution in [2.24, 2.45) is 0 Å². The minimum atomic E-state index is -0.457. The van der Waals surface area contributed by atoms with Crippen LogP contribution in [-0.4, -0.2) is 39.7 Å². The van der Waals surface area contributed by atoms with Crippen molar-refractivity contribution in [3.05, 3.63) is 40.9 Å². The van der Waals surface area contributed by atoms with Gasteiger partial charge in [-0.15, -0.1) is 0 Å². The second-order valence-electron chi connectivity index (χ2n) is 4.42. The van der Waals surface area contributed by atoms with Gasteiger partial charge in [0.15, 0.2) is 0 Å². The smallest absolute Gasteiger partial charge is 0.120 e. The Labute approximate surface area is 132 Å². The Morgan fingerprint density at radius 1 is 0.810 bits per heavy atom. The van der Waals surface area contributed by atoms with Crippen LogP contribution in [0.5, 0.6) is 5.75 Å². The van der Waals surface area contributed by atoms with Crippen LogP contribution in [0.15, 0.2) is 40.9 Å². The molecule has 0 aliphatic heterocycles. The number of alkyl halides is 1. The Morgan fingerprint density at radius 3 is 2.29 bits per heavy atom. The van der Waals surface area contributed by atoms with E-state index >= 15 is 0 Å². The summed E-state index contributed by atoms with van der Waals surface area (Å²) in [6, 6.07) is 12.1. The van der Waals surface area contributed by atoms with Crippen LogP contribution in [-0.2, 0) is 9.47 Å². The Kier molecular flexibility index (Phi) is 6.92. The van der Waals surface area contributed by atoms with Gasteiger partial charge in [-0.2, -0.15) is 0 Å². The van der Waals surface area contributed by atoms with Gasteiger partial charge in [-0.25, -0.2) is 4.39 Å². The maximum atomic E-state index is 11.8. The number of fused-ring (bicyclic) bond motifs is 1. The zero-order valence-corrected chi connectivity index (χ0v) is 13.3. The summed E-state index contributed by atoms with van der Waals surface area (Å²) in [7, 11) is 0. The van der Waals surface area contributed by atoms with Gasteiger partial charge in [0.1, 0.15) is 19.0 Å². The molecule has 114 valence electrons. The fourth-order valence-electron chi connectivity index (χ4n) is 1.88. The third-order valence-electron chi connectivity index (χ3n) is 2.86. The average Bonchev–Trinajstić information content (AvgIpc) is 2.50. The Hall–Kier alpha value is -1.17. The third-order valence-corrected chi connectivity index (χ3v) is 3.36. The summed E-state index contributed by atoms with van der Waals surface area (Å²) in [4.78, 5) is 0. The molecule has 0 aliphatic rings. The maximum Gasteiger partial charge on any atom is 0.120 e. The van der Waals surface area contributed by atoms with Crippen molar-refractivity contribution in [1.82, 2.24) is 0 Å². The Bertz CT molecular complexity index is 562. The zero-order chi connectivity index (χ0) is 14.9. The summed E-state index contributed by atoms with van der Waals surface area (Å²) >= 11 is 3.45. The van der Waals surface area contributed by atoms with E-state index in [-0.39, 0.29) is 6.61 Å². The molecule has 0 heterocycles. The van der Waals surface area contributed by atoms with E-state index in [1.807, 2.05) is 30.3 Å². The molecule has 0 atom stereocenters. The molecular formula is C16H18BrFO3. The summed E-state index contributed by atoms with van der Waals surface area (Å²) in [6.45, 7) is 1.50. The molecule has 0 saturated heterocycles. The van der Waals surface area contributed by atoms with Gasteiger partial charge in [0.25, 0.3) is 0 Å². The first-order chi connectivity index (χ1) is 10.3. The molecule has 5 heteroatoms. The standard InChI is InChI=1S/C16H18BrFO3/c17-15-3-1-14-12-16(4-2-13(14)11-15)21-10-9-20-8-7-19-6-5-18/h1-4,11-12H,5-10H2. The summed E-state index contributed by atoms with van der Waals surface area (Å²) in [5, 5.41) is 2.30. The van der Waals surface area contributed by atoms with Crippen molar-refractivity contribution in [3.8, 4) is 5.75 Å². The van der Waals surface area contributed by atoms with Crippen LogP contribution in [0.1, 0.15) is 0 Å². The first-order valence-corrected chi connectivity index (χ1v) is 7.62. The van der Waals surface area contributed by atoms with E-state index in [4.69, 9.17) is 14.2 Å². The lowest BCUT2D eigenvalue weighted by molar-refractivity contribution is 0.0325. The highest BCUT2D eigenvalue weighted by Gasteiger charge is 1.99. The van der Waals surface area contributed by atoms with Crippen LogP contribution in [0.4, 0.5) is 4.39 Å². The summed E-state index contributed by atoms with van der Waals surface area (Å²) in [5.74, 6) is 0.821. The van der Waals surface area contributed by atoms with E-state index in [2.05, 4.69) is 22.0 Å². The predicted molar refractivity (Wildman–Crippen MR) is 84.8 cm³/mol. The van der Waals surface area contributed by atoms with Crippen LogP contribution >= 0.6 is 15.9 Å². The number of hydrogen-bond acceptors (Lipinski definition) is 3. The zero-order valence-electron chi connectivity index (χ0n) is 11.7. The van der Waals surface area contributed by atoms with E-state index in [1.165, 1.54) is 0 Å². The van der Waals surface area contributed by atoms with Gasteiger partial charge >= 0.3 is 0 Å². The molecule has 2 aromatic carbocycles. The van der Waals surface area contributed by atoms with Crippen molar-refractivity contribution in [2.75, 3.05) is 39.7 Å². The number of rotatable bonds is 9. The van der Waals surface area contributed by atoms with E-state index in [9.17, 15) is 4.39 Å². The quantitative estimate of drug-likeness (QED) is 0.636. The lowest BCUT2D eigenvalue weighted by Crippen LogP contribution is -2.11. The molecule has 2 rings (SSSR count). The topological polar surface area (TPSA) is 27.7 Å². The average molecular weight is 357 g/mol. The van der Waals surface area contributed by atoms with Crippen molar-refractivity contribution in [3.63, 3.8) is 0 Å². The highest BCUT2D eigenvalue weighted by molar-refractivity contribution is 9.10. The van der Waals surface area contributed by atoms with Gasteiger partial charge in [0.05, 0.1) is 26.4 Å². The third kappa shape index (κ3) is 5.61. The van der Waals surface area contributed by atoms with Gasteiger partial charge in [0.2, 0.25) is 0 Å². The van der Waals surface area contributed by atoms with Crippen LogP contribution < -0.4 is 4.74 Å². The van der Waals surface area contributed by atoms with Crippen molar-refractivity contribution < 1.29 is 18.6 Å². The van der Waals surface area contributed by atoms with Crippen molar-refractivity contribution in [1.29, 1.82) is 0 Å². The molecule has 0 N–H and O–H groups in total. The number of ether oxygens (including phenoxy) is 3. The lowest BCUT2D eigenvalue weighted by atomic mass is 10.1. The van der Waals surface area contributed by atoms with Crippen LogP contribution in [0.2, 0.25) is 0 Å². The van der Waals surface area contributed by atoms with Gasteiger partial charge < -0.3 is 14.2 Å². The van der Waals surface area contributed by atoms with Crippen LogP contribution in [0.25, 0.3) is 10.8 Å². The van der Waals surface area contributed by atoms with E-state index in [0.29, 0.717) is 26.4 Å². The SMILES string of the molecule is FCCOCCOCCOc1ccc2cc(Br)ccc2c1.